The number of carbonyl (C=O) groups excluding carboxylic acids is 1. The van der Waals surface area contributed by atoms with E-state index in [-0.39, 0.29) is 5.91 Å². The number of hydrogen-bond donors (Lipinski definition) is 0. The maximum absolute atomic E-state index is 11.0. The molecule has 0 saturated carbocycles. The highest BCUT2D eigenvalue weighted by Gasteiger charge is 2.00. The zero-order valence-electron chi connectivity index (χ0n) is 7.00. The largest absolute Gasteiger partial charge is 0.331 e. The predicted molar refractivity (Wildman–Crippen MR) is 45.9 cm³/mol. The molecule has 0 heterocycles. The van der Waals surface area contributed by atoms with Crippen molar-refractivity contribution in [3.63, 3.8) is 0 Å². The molecule has 2 heteroatoms. The first-order valence-corrected chi connectivity index (χ1v) is 3.57. The standard InChI is InChI=1S/C9H13NO/c1-4-6-7-9(11)10(3)8-5-2/h2,6-7H,4,8H2,1,3H3/b7-6+. The Morgan fingerprint density at radius 3 is 2.82 bits per heavy atom. The van der Waals surface area contributed by atoms with Crippen LogP contribution in [0.1, 0.15) is 13.3 Å². The molecule has 11 heavy (non-hydrogen) atoms. The number of nitrogens with zero attached hydrogens (tertiary/aromatic N) is 1. The van der Waals surface area contributed by atoms with Crippen LogP contribution in [0.15, 0.2) is 12.2 Å². The van der Waals surface area contributed by atoms with Gasteiger partial charge in [-0.05, 0) is 12.5 Å². The van der Waals surface area contributed by atoms with Crippen molar-refractivity contribution in [2.24, 2.45) is 0 Å². The topological polar surface area (TPSA) is 20.3 Å². The summed E-state index contributed by atoms with van der Waals surface area (Å²) in [6, 6.07) is 0. The van der Waals surface area contributed by atoms with Crippen LogP contribution in [-0.4, -0.2) is 24.4 Å². The van der Waals surface area contributed by atoms with Gasteiger partial charge in [-0.2, -0.15) is 0 Å². The molecule has 0 saturated heterocycles. The summed E-state index contributed by atoms with van der Waals surface area (Å²) in [5.74, 6) is 2.36. The van der Waals surface area contributed by atoms with Gasteiger partial charge in [0, 0.05) is 7.05 Å². The molecule has 0 aliphatic rings. The molecular weight excluding hydrogens is 138 g/mol. The van der Waals surface area contributed by atoms with Crippen LogP contribution in [-0.2, 0) is 4.79 Å². The average molecular weight is 151 g/mol. The van der Waals surface area contributed by atoms with E-state index < -0.39 is 0 Å². The van der Waals surface area contributed by atoms with Crippen molar-refractivity contribution in [2.45, 2.75) is 13.3 Å². The van der Waals surface area contributed by atoms with Gasteiger partial charge in [0.25, 0.3) is 0 Å². The second-order valence-corrected chi connectivity index (χ2v) is 2.21. The van der Waals surface area contributed by atoms with Gasteiger partial charge in [-0.3, -0.25) is 4.79 Å². The van der Waals surface area contributed by atoms with Crippen LogP contribution in [0.3, 0.4) is 0 Å². The molecule has 0 rings (SSSR count). The van der Waals surface area contributed by atoms with E-state index in [9.17, 15) is 4.79 Å². The molecule has 0 unspecified atom stereocenters. The molecule has 0 bridgehead atoms. The van der Waals surface area contributed by atoms with Crippen LogP contribution < -0.4 is 0 Å². The molecule has 0 aromatic rings. The second kappa shape index (κ2) is 5.55. The van der Waals surface area contributed by atoms with E-state index in [0.29, 0.717) is 6.54 Å². The summed E-state index contributed by atoms with van der Waals surface area (Å²) in [4.78, 5) is 12.5. The molecule has 0 spiro atoms. The summed E-state index contributed by atoms with van der Waals surface area (Å²) in [5.41, 5.74) is 0. The molecule has 0 fully saturated rings. The fraction of sp³-hybridized carbons (Fsp3) is 0.444. The first-order chi connectivity index (χ1) is 5.22. The number of terminal acetylenes is 1. The highest BCUT2D eigenvalue weighted by atomic mass is 16.2. The zero-order chi connectivity index (χ0) is 8.69. The summed E-state index contributed by atoms with van der Waals surface area (Å²) in [5, 5.41) is 0. The van der Waals surface area contributed by atoms with Crippen LogP contribution in [0.4, 0.5) is 0 Å². The number of rotatable bonds is 3. The summed E-state index contributed by atoms with van der Waals surface area (Å²) >= 11 is 0. The van der Waals surface area contributed by atoms with E-state index in [4.69, 9.17) is 6.42 Å². The van der Waals surface area contributed by atoms with Crippen molar-refractivity contribution in [3.05, 3.63) is 12.2 Å². The molecule has 0 aliphatic heterocycles. The fourth-order valence-electron chi connectivity index (χ4n) is 0.561. The molecule has 0 aromatic carbocycles. The quantitative estimate of drug-likeness (QED) is 0.436. The van der Waals surface area contributed by atoms with Gasteiger partial charge in [0.1, 0.15) is 0 Å². The lowest BCUT2D eigenvalue weighted by molar-refractivity contribution is -0.124. The van der Waals surface area contributed by atoms with Crippen LogP contribution in [0.25, 0.3) is 0 Å². The minimum Gasteiger partial charge on any atom is -0.331 e. The maximum Gasteiger partial charge on any atom is 0.246 e. The van der Waals surface area contributed by atoms with Gasteiger partial charge in [-0.25, -0.2) is 0 Å². The first kappa shape index (κ1) is 9.77. The van der Waals surface area contributed by atoms with Crippen LogP contribution in [0, 0.1) is 12.3 Å². The number of likely N-dealkylation sites (N-methyl/N-ethyl adjacent to an activating group) is 1. The number of amides is 1. The van der Waals surface area contributed by atoms with Gasteiger partial charge < -0.3 is 4.90 Å². The lowest BCUT2D eigenvalue weighted by atomic mass is 10.4. The number of hydrogen-bond acceptors (Lipinski definition) is 1. The van der Waals surface area contributed by atoms with E-state index in [1.807, 2.05) is 13.0 Å². The molecule has 0 atom stereocenters. The summed E-state index contributed by atoms with van der Waals surface area (Å²) < 4.78 is 0. The van der Waals surface area contributed by atoms with Crippen molar-refractivity contribution >= 4 is 5.91 Å². The van der Waals surface area contributed by atoms with Crippen LogP contribution in [0.2, 0.25) is 0 Å². The van der Waals surface area contributed by atoms with Crippen LogP contribution in [0.5, 0.6) is 0 Å². The van der Waals surface area contributed by atoms with Crippen LogP contribution >= 0.6 is 0 Å². The van der Waals surface area contributed by atoms with Gasteiger partial charge in [0.2, 0.25) is 5.91 Å². The summed E-state index contributed by atoms with van der Waals surface area (Å²) in [6.45, 7) is 2.35. The highest BCUT2D eigenvalue weighted by Crippen LogP contribution is 1.87. The first-order valence-electron chi connectivity index (χ1n) is 3.57. The fourth-order valence-corrected chi connectivity index (χ4v) is 0.561. The van der Waals surface area contributed by atoms with Crippen molar-refractivity contribution in [2.75, 3.05) is 13.6 Å². The third-order valence-corrected chi connectivity index (χ3v) is 1.20. The molecular formula is C9H13NO. The monoisotopic (exact) mass is 151 g/mol. The number of allylic oxidation sites excluding steroid dienone is 1. The lowest BCUT2D eigenvalue weighted by Crippen LogP contribution is -2.24. The average Bonchev–Trinajstić information content (AvgIpc) is 2.00. The van der Waals surface area contributed by atoms with Crippen molar-refractivity contribution in [3.8, 4) is 12.3 Å². The van der Waals surface area contributed by atoms with Gasteiger partial charge in [0.05, 0.1) is 6.54 Å². The Hall–Kier alpha value is -1.23. The molecule has 0 aliphatic carbocycles. The van der Waals surface area contributed by atoms with Gasteiger partial charge in [0.15, 0.2) is 0 Å². The SMILES string of the molecule is C#CCN(C)C(=O)/C=C/CC. The van der Waals surface area contributed by atoms with Gasteiger partial charge in [-0.1, -0.05) is 18.9 Å². The van der Waals surface area contributed by atoms with E-state index in [2.05, 4.69) is 5.92 Å². The zero-order valence-corrected chi connectivity index (χ0v) is 7.00. The highest BCUT2D eigenvalue weighted by molar-refractivity contribution is 5.87. The molecule has 0 radical (unpaired) electrons. The minimum atomic E-state index is -0.0372. The lowest BCUT2D eigenvalue weighted by Gasteiger charge is -2.09. The van der Waals surface area contributed by atoms with Crippen molar-refractivity contribution in [1.29, 1.82) is 0 Å². The maximum atomic E-state index is 11.0. The summed E-state index contributed by atoms with van der Waals surface area (Å²) in [7, 11) is 1.68. The second-order valence-electron chi connectivity index (χ2n) is 2.21. The Morgan fingerprint density at radius 1 is 1.73 bits per heavy atom. The van der Waals surface area contributed by atoms with E-state index >= 15 is 0 Å². The third-order valence-electron chi connectivity index (χ3n) is 1.20. The van der Waals surface area contributed by atoms with E-state index in [1.54, 1.807) is 7.05 Å². The minimum absolute atomic E-state index is 0.0372. The van der Waals surface area contributed by atoms with E-state index in [0.717, 1.165) is 6.42 Å². The Kier molecular flexibility index (Phi) is 4.93. The smallest absolute Gasteiger partial charge is 0.246 e. The number of carbonyl (C=O) groups is 1. The predicted octanol–water partition coefficient (Wildman–Crippen LogP) is 1.04. The Morgan fingerprint density at radius 2 is 2.36 bits per heavy atom. The normalized spacial score (nSPS) is 9.55. The van der Waals surface area contributed by atoms with Gasteiger partial charge in [-0.15, -0.1) is 6.42 Å². The Balaban J connectivity index is 3.84. The Labute approximate surface area is 67.9 Å². The third kappa shape index (κ3) is 4.21. The Bertz CT molecular complexity index is 188. The molecule has 60 valence electrons. The van der Waals surface area contributed by atoms with Gasteiger partial charge >= 0.3 is 0 Å². The molecule has 1 amide bonds. The molecule has 2 nitrogen and oxygen atoms in total. The molecule has 0 aromatic heterocycles. The van der Waals surface area contributed by atoms with E-state index in [1.165, 1.54) is 11.0 Å². The summed E-state index contributed by atoms with van der Waals surface area (Å²) in [6.07, 6.45) is 9.25. The van der Waals surface area contributed by atoms with Crippen molar-refractivity contribution in [1.82, 2.24) is 4.90 Å². The van der Waals surface area contributed by atoms with Crippen molar-refractivity contribution < 1.29 is 4.79 Å². The molecule has 0 N–H and O–H groups in total.